The van der Waals surface area contributed by atoms with Gasteiger partial charge in [0.15, 0.2) is 0 Å². The van der Waals surface area contributed by atoms with Gasteiger partial charge in [0, 0.05) is 46.6 Å². The van der Waals surface area contributed by atoms with Crippen LogP contribution < -0.4 is 4.74 Å². The van der Waals surface area contributed by atoms with Crippen LogP contribution in [0.3, 0.4) is 0 Å². The zero-order valence-corrected chi connectivity index (χ0v) is 18.4. The summed E-state index contributed by atoms with van der Waals surface area (Å²) in [5.41, 5.74) is 2.71. The summed E-state index contributed by atoms with van der Waals surface area (Å²) in [4.78, 5) is 27.3. The van der Waals surface area contributed by atoms with Gasteiger partial charge in [0.25, 0.3) is 5.91 Å². The molecule has 0 fully saturated rings. The molecule has 0 N–H and O–H groups in total. The van der Waals surface area contributed by atoms with Gasteiger partial charge in [-0.3, -0.25) is 4.79 Å². The topological polar surface area (TPSA) is 73.1 Å². The second kappa shape index (κ2) is 7.87. The monoisotopic (exact) mass is 474 g/mol. The molecular formula is C26H19F2N5O2. The zero-order valence-electron chi connectivity index (χ0n) is 21.4. The van der Waals surface area contributed by atoms with Gasteiger partial charge in [0.1, 0.15) is 17.4 Å². The Kier molecular flexibility index (Phi) is 4.06. The number of fused-ring (bicyclic) bond motifs is 9. The first kappa shape index (κ1) is 18.1. The number of alkyl halides is 2. The highest BCUT2D eigenvalue weighted by Crippen LogP contribution is 2.49. The lowest BCUT2D eigenvalue weighted by Crippen LogP contribution is -2.30. The summed E-state index contributed by atoms with van der Waals surface area (Å²) < 4.78 is 57.6. The van der Waals surface area contributed by atoms with E-state index >= 15 is 0 Å². The normalized spacial score (nSPS) is 19.8. The quantitative estimate of drug-likeness (QED) is 0.406. The van der Waals surface area contributed by atoms with E-state index in [2.05, 4.69) is 26.8 Å². The number of nitrogens with zero attached hydrogens (tertiary/aromatic N) is 5. The summed E-state index contributed by atoms with van der Waals surface area (Å²) in [7, 11) is 0. The van der Waals surface area contributed by atoms with Crippen LogP contribution in [0.5, 0.6) is 5.75 Å². The lowest BCUT2D eigenvalue weighted by molar-refractivity contribution is -0.0507. The SMILES string of the molecule is [2H]C([2H])([2H])N1C(=O)c2cccc(OC(F)F)c2[C@H]2C[C@@H]1c1nc3ccc(C#Cc4cnc(C)nc4)cc3n12. The van der Waals surface area contributed by atoms with Gasteiger partial charge in [-0.05, 0) is 37.3 Å². The van der Waals surface area contributed by atoms with Crippen LogP contribution >= 0.6 is 0 Å². The summed E-state index contributed by atoms with van der Waals surface area (Å²) in [6, 6.07) is 8.00. The maximum Gasteiger partial charge on any atom is 0.387 e. The van der Waals surface area contributed by atoms with E-state index in [0.29, 0.717) is 33.8 Å². The minimum absolute atomic E-state index is 0.00888. The second-order valence-electron chi connectivity index (χ2n) is 8.35. The van der Waals surface area contributed by atoms with Crippen LogP contribution in [0.4, 0.5) is 8.78 Å². The van der Waals surface area contributed by atoms with Crippen LogP contribution in [-0.4, -0.2) is 43.9 Å². The van der Waals surface area contributed by atoms with Gasteiger partial charge in [-0.15, -0.1) is 0 Å². The highest BCUT2D eigenvalue weighted by atomic mass is 19.3. The summed E-state index contributed by atoms with van der Waals surface area (Å²) >= 11 is 0. The Balaban J connectivity index is 1.55. The molecule has 4 heterocycles. The van der Waals surface area contributed by atoms with Gasteiger partial charge in [0.2, 0.25) is 0 Å². The van der Waals surface area contributed by atoms with Gasteiger partial charge in [0.05, 0.1) is 28.7 Å². The lowest BCUT2D eigenvalue weighted by Gasteiger charge is -2.24. The van der Waals surface area contributed by atoms with Crippen molar-refractivity contribution in [2.75, 3.05) is 6.98 Å². The Morgan fingerprint density at radius 3 is 2.71 bits per heavy atom. The Labute approximate surface area is 203 Å². The molecule has 0 aliphatic carbocycles. The third-order valence-electron chi connectivity index (χ3n) is 6.28. The van der Waals surface area contributed by atoms with Crippen molar-refractivity contribution in [2.45, 2.75) is 32.0 Å². The molecule has 0 unspecified atom stereocenters. The Morgan fingerprint density at radius 2 is 1.94 bits per heavy atom. The number of hydrogen-bond donors (Lipinski definition) is 0. The number of benzene rings is 2. The van der Waals surface area contributed by atoms with Crippen molar-refractivity contribution in [1.82, 2.24) is 24.4 Å². The van der Waals surface area contributed by atoms with E-state index in [1.165, 1.54) is 18.2 Å². The zero-order chi connectivity index (χ0) is 26.8. The van der Waals surface area contributed by atoms with E-state index in [0.717, 1.165) is 4.90 Å². The van der Waals surface area contributed by atoms with E-state index in [-0.39, 0.29) is 23.3 Å². The van der Waals surface area contributed by atoms with Crippen LogP contribution in [0, 0.1) is 18.8 Å². The second-order valence-corrected chi connectivity index (χ2v) is 8.35. The number of carbonyl (C=O) groups excluding carboxylic acids is 1. The molecule has 0 radical (unpaired) electrons. The van der Waals surface area contributed by atoms with E-state index < -0.39 is 31.6 Å². The number of aromatic nitrogens is 4. The number of imidazole rings is 1. The van der Waals surface area contributed by atoms with Gasteiger partial charge >= 0.3 is 6.61 Å². The summed E-state index contributed by atoms with van der Waals surface area (Å²) in [5.74, 6) is 6.13. The van der Waals surface area contributed by atoms with Crippen molar-refractivity contribution in [1.29, 1.82) is 0 Å². The predicted octanol–water partition coefficient (Wildman–Crippen LogP) is 4.26. The fourth-order valence-electron chi connectivity index (χ4n) is 4.79. The van der Waals surface area contributed by atoms with Crippen molar-refractivity contribution < 1.29 is 22.4 Å². The highest BCUT2D eigenvalue weighted by molar-refractivity contribution is 5.97. The fraction of sp³-hybridized carbons (Fsp3) is 0.231. The highest BCUT2D eigenvalue weighted by Gasteiger charge is 2.44. The van der Waals surface area contributed by atoms with Crippen LogP contribution in [-0.2, 0) is 0 Å². The molecule has 35 heavy (non-hydrogen) atoms. The molecule has 2 bridgehead atoms. The number of carbonyl (C=O) groups is 1. The Bertz CT molecular complexity index is 1660. The summed E-state index contributed by atoms with van der Waals surface area (Å²) in [6.45, 7) is -4.13. The number of hydrogen-bond acceptors (Lipinski definition) is 5. The van der Waals surface area contributed by atoms with Crippen molar-refractivity contribution >= 4 is 16.9 Å². The number of ether oxygens (including phenoxy) is 1. The van der Waals surface area contributed by atoms with E-state index in [1.54, 1.807) is 31.5 Å². The molecule has 6 rings (SSSR count). The van der Waals surface area contributed by atoms with Crippen molar-refractivity contribution in [3.05, 3.63) is 82.7 Å². The number of halogens is 2. The molecule has 2 aromatic heterocycles. The molecule has 2 aromatic carbocycles. The van der Waals surface area contributed by atoms with Gasteiger partial charge in [-0.2, -0.15) is 8.78 Å². The Morgan fingerprint density at radius 1 is 1.14 bits per heavy atom. The number of rotatable bonds is 2. The van der Waals surface area contributed by atoms with Crippen molar-refractivity contribution in [3.8, 4) is 17.6 Å². The van der Waals surface area contributed by atoms with E-state index in [1.807, 2.05) is 10.6 Å². The Hall–Kier alpha value is -4.32. The predicted molar refractivity (Wildman–Crippen MR) is 123 cm³/mol. The molecule has 2 aliphatic rings. The number of aryl methyl sites for hydroxylation is 1. The summed E-state index contributed by atoms with van der Waals surface area (Å²) in [5, 5.41) is 0. The molecule has 2 aliphatic heterocycles. The molecule has 174 valence electrons. The van der Waals surface area contributed by atoms with Gasteiger partial charge < -0.3 is 14.2 Å². The number of amides is 1. The average Bonchev–Trinajstić information content (AvgIpc) is 3.35. The standard InChI is InChI=1S/C26H19F2N5O2/c1-14-29-12-16(13-30-14)7-6-15-8-9-18-19(10-15)33-20-11-21(24(33)31-18)32(2)25(34)17-4-3-5-22(23(17)20)35-26(27)28/h3-5,8-10,12-13,20-21,26H,11H2,1-2H3/t20-,21-/m1/s1/i2D3. The van der Waals surface area contributed by atoms with E-state index in [4.69, 9.17) is 8.85 Å². The van der Waals surface area contributed by atoms with Crippen molar-refractivity contribution in [2.24, 2.45) is 0 Å². The molecule has 0 saturated heterocycles. The molecule has 7 nitrogen and oxygen atoms in total. The molecular weight excluding hydrogens is 452 g/mol. The third kappa shape index (κ3) is 3.41. The minimum atomic E-state index is -3.12. The third-order valence-corrected chi connectivity index (χ3v) is 6.28. The average molecular weight is 474 g/mol. The molecule has 0 spiro atoms. The first-order valence-electron chi connectivity index (χ1n) is 12.4. The van der Waals surface area contributed by atoms with Crippen LogP contribution in [0.15, 0.2) is 48.8 Å². The van der Waals surface area contributed by atoms with Gasteiger partial charge in [-0.1, -0.05) is 17.9 Å². The maximum absolute atomic E-state index is 13.5. The lowest BCUT2D eigenvalue weighted by atomic mass is 9.97. The van der Waals surface area contributed by atoms with Crippen LogP contribution in [0.25, 0.3) is 11.0 Å². The largest absolute Gasteiger partial charge is 0.434 e. The van der Waals surface area contributed by atoms with Crippen LogP contribution in [0.1, 0.15) is 61.3 Å². The molecule has 9 heteroatoms. The molecule has 2 atom stereocenters. The first-order valence-corrected chi connectivity index (χ1v) is 10.9. The van der Waals surface area contributed by atoms with Gasteiger partial charge in [-0.25, -0.2) is 15.0 Å². The maximum atomic E-state index is 13.5. The molecule has 1 amide bonds. The fourth-order valence-corrected chi connectivity index (χ4v) is 4.79. The van der Waals surface area contributed by atoms with Crippen LogP contribution in [0.2, 0.25) is 0 Å². The minimum Gasteiger partial charge on any atom is -0.434 e. The van der Waals surface area contributed by atoms with Crippen molar-refractivity contribution in [3.63, 3.8) is 0 Å². The molecule has 0 saturated carbocycles. The smallest absolute Gasteiger partial charge is 0.387 e. The first-order chi connectivity index (χ1) is 18.1. The molecule has 4 aromatic rings. The van der Waals surface area contributed by atoms with E-state index in [9.17, 15) is 13.6 Å². The summed E-state index contributed by atoms with van der Waals surface area (Å²) in [6.07, 6.45) is 3.40.